The fourth-order valence-corrected chi connectivity index (χ4v) is 1.89. The number of rotatable bonds is 2. The first-order chi connectivity index (χ1) is 6.20. The SMILES string of the molecule is O=C(O)CN1CCC2(C1)OCCO2. The second-order valence-corrected chi connectivity index (χ2v) is 3.46. The monoisotopic (exact) mass is 187 g/mol. The van der Waals surface area contributed by atoms with Gasteiger partial charge in [-0.05, 0) is 0 Å². The molecule has 2 fully saturated rings. The Labute approximate surface area is 76.2 Å². The van der Waals surface area contributed by atoms with Crippen LogP contribution in [0, 0.1) is 0 Å². The predicted molar refractivity (Wildman–Crippen MR) is 43.3 cm³/mol. The Bertz CT molecular complexity index is 212. The van der Waals surface area contributed by atoms with Gasteiger partial charge in [-0.15, -0.1) is 0 Å². The molecule has 5 heteroatoms. The molecule has 0 amide bonds. The molecule has 0 aromatic heterocycles. The van der Waals surface area contributed by atoms with Crippen molar-refractivity contribution in [1.82, 2.24) is 4.90 Å². The fraction of sp³-hybridized carbons (Fsp3) is 0.875. The van der Waals surface area contributed by atoms with Crippen molar-refractivity contribution in [2.75, 3.05) is 32.8 Å². The van der Waals surface area contributed by atoms with E-state index < -0.39 is 11.8 Å². The normalized spacial score (nSPS) is 27.1. The summed E-state index contributed by atoms with van der Waals surface area (Å²) in [5.74, 6) is -1.29. The molecule has 13 heavy (non-hydrogen) atoms. The van der Waals surface area contributed by atoms with Crippen LogP contribution in [0.5, 0.6) is 0 Å². The zero-order valence-corrected chi connectivity index (χ0v) is 7.36. The smallest absolute Gasteiger partial charge is 0.317 e. The Hall–Kier alpha value is -0.650. The molecule has 2 saturated heterocycles. The topological polar surface area (TPSA) is 59.0 Å². The second-order valence-electron chi connectivity index (χ2n) is 3.46. The number of hydrogen-bond donors (Lipinski definition) is 1. The number of carbonyl (C=O) groups is 1. The number of hydrogen-bond acceptors (Lipinski definition) is 4. The largest absolute Gasteiger partial charge is 0.480 e. The molecule has 0 aromatic carbocycles. The van der Waals surface area contributed by atoms with Crippen molar-refractivity contribution >= 4 is 5.97 Å². The van der Waals surface area contributed by atoms with Gasteiger partial charge in [0.15, 0.2) is 5.79 Å². The molecule has 0 unspecified atom stereocenters. The Morgan fingerprint density at radius 1 is 1.46 bits per heavy atom. The number of aliphatic carboxylic acids is 1. The van der Waals surface area contributed by atoms with E-state index >= 15 is 0 Å². The third-order valence-corrected chi connectivity index (χ3v) is 2.45. The highest BCUT2D eigenvalue weighted by Gasteiger charge is 2.43. The van der Waals surface area contributed by atoms with Gasteiger partial charge in [-0.25, -0.2) is 0 Å². The summed E-state index contributed by atoms with van der Waals surface area (Å²) in [5.41, 5.74) is 0. The molecule has 2 aliphatic heterocycles. The van der Waals surface area contributed by atoms with Crippen LogP contribution in [0.2, 0.25) is 0 Å². The van der Waals surface area contributed by atoms with Gasteiger partial charge < -0.3 is 14.6 Å². The average Bonchev–Trinajstić information content (AvgIpc) is 2.63. The van der Waals surface area contributed by atoms with Gasteiger partial charge in [0.2, 0.25) is 0 Å². The van der Waals surface area contributed by atoms with Crippen LogP contribution >= 0.6 is 0 Å². The minimum absolute atomic E-state index is 0.0778. The maximum Gasteiger partial charge on any atom is 0.317 e. The van der Waals surface area contributed by atoms with Crippen LogP contribution < -0.4 is 0 Å². The molecule has 74 valence electrons. The van der Waals surface area contributed by atoms with Gasteiger partial charge in [0.1, 0.15) is 0 Å². The number of likely N-dealkylation sites (tertiary alicyclic amines) is 1. The summed E-state index contributed by atoms with van der Waals surface area (Å²) < 4.78 is 10.9. The second kappa shape index (κ2) is 3.25. The van der Waals surface area contributed by atoms with Gasteiger partial charge in [0, 0.05) is 13.0 Å². The molecule has 1 spiro atoms. The van der Waals surface area contributed by atoms with Crippen LogP contribution in [0.3, 0.4) is 0 Å². The van der Waals surface area contributed by atoms with Gasteiger partial charge in [0.05, 0.1) is 26.3 Å². The van der Waals surface area contributed by atoms with Gasteiger partial charge in [-0.1, -0.05) is 0 Å². The van der Waals surface area contributed by atoms with Crippen LogP contribution in [0.4, 0.5) is 0 Å². The van der Waals surface area contributed by atoms with Crippen molar-refractivity contribution in [1.29, 1.82) is 0 Å². The first-order valence-corrected chi connectivity index (χ1v) is 4.42. The molecule has 0 bridgehead atoms. The summed E-state index contributed by atoms with van der Waals surface area (Å²) in [6, 6.07) is 0. The highest BCUT2D eigenvalue weighted by Crippen LogP contribution is 2.29. The van der Waals surface area contributed by atoms with Gasteiger partial charge in [0.25, 0.3) is 0 Å². The summed E-state index contributed by atoms with van der Waals surface area (Å²) in [6.45, 7) is 2.65. The van der Waals surface area contributed by atoms with E-state index in [0.717, 1.165) is 13.0 Å². The Morgan fingerprint density at radius 2 is 2.15 bits per heavy atom. The lowest BCUT2D eigenvalue weighted by molar-refractivity contribution is -0.148. The lowest BCUT2D eigenvalue weighted by Gasteiger charge is -2.21. The number of carboxylic acid groups (broad SMARTS) is 1. The third-order valence-electron chi connectivity index (χ3n) is 2.45. The minimum atomic E-state index is -0.796. The fourth-order valence-electron chi connectivity index (χ4n) is 1.89. The molecule has 0 radical (unpaired) electrons. The molecule has 0 atom stereocenters. The molecule has 5 nitrogen and oxygen atoms in total. The highest BCUT2D eigenvalue weighted by molar-refractivity contribution is 5.69. The van der Waals surface area contributed by atoms with Gasteiger partial charge in [-0.2, -0.15) is 0 Å². The van der Waals surface area contributed by atoms with E-state index in [0.29, 0.717) is 19.8 Å². The Morgan fingerprint density at radius 3 is 2.77 bits per heavy atom. The molecular formula is C8H13NO4. The van der Waals surface area contributed by atoms with Crippen molar-refractivity contribution in [3.8, 4) is 0 Å². The Kier molecular flexibility index (Phi) is 2.23. The van der Waals surface area contributed by atoms with E-state index in [2.05, 4.69) is 0 Å². The lowest BCUT2D eigenvalue weighted by Crippen LogP contribution is -2.36. The number of ether oxygens (including phenoxy) is 2. The van der Waals surface area contributed by atoms with E-state index in [1.165, 1.54) is 0 Å². The predicted octanol–water partition coefficient (Wildman–Crippen LogP) is -0.480. The van der Waals surface area contributed by atoms with Crippen molar-refractivity contribution < 1.29 is 19.4 Å². The highest BCUT2D eigenvalue weighted by atomic mass is 16.7. The zero-order valence-electron chi connectivity index (χ0n) is 7.36. The van der Waals surface area contributed by atoms with Gasteiger partial charge in [-0.3, -0.25) is 9.69 Å². The van der Waals surface area contributed by atoms with E-state index in [1.54, 1.807) is 0 Å². The minimum Gasteiger partial charge on any atom is -0.480 e. The first kappa shape index (κ1) is 8.93. The van der Waals surface area contributed by atoms with Crippen LogP contribution in [0.15, 0.2) is 0 Å². The molecule has 2 heterocycles. The van der Waals surface area contributed by atoms with Gasteiger partial charge >= 0.3 is 5.97 Å². The van der Waals surface area contributed by atoms with E-state index in [1.807, 2.05) is 4.90 Å². The van der Waals surface area contributed by atoms with Crippen LogP contribution in [-0.2, 0) is 14.3 Å². The number of carboxylic acids is 1. The standard InChI is InChI=1S/C8H13NO4/c10-7(11)5-9-2-1-8(6-9)12-3-4-13-8/h1-6H2,(H,10,11). The maximum absolute atomic E-state index is 10.4. The quantitative estimate of drug-likeness (QED) is 0.632. The summed E-state index contributed by atoms with van der Waals surface area (Å²) in [6.07, 6.45) is 0.778. The lowest BCUT2D eigenvalue weighted by atomic mass is 10.2. The molecule has 0 aliphatic carbocycles. The summed E-state index contributed by atoms with van der Waals surface area (Å²) in [7, 11) is 0. The third kappa shape index (κ3) is 1.82. The number of nitrogens with zero attached hydrogens (tertiary/aromatic N) is 1. The molecule has 1 N–H and O–H groups in total. The summed E-state index contributed by atoms with van der Waals surface area (Å²) in [4.78, 5) is 12.3. The maximum atomic E-state index is 10.4. The van der Waals surface area contributed by atoms with Crippen LogP contribution in [0.25, 0.3) is 0 Å². The molecule has 2 rings (SSSR count). The van der Waals surface area contributed by atoms with Crippen LogP contribution in [0.1, 0.15) is 6.42 Å². The Balaban J connectivity index is 1.89. The summed E-state index contributed by atoms with van der Waals surface area (Å²) >= 11 is 0. The average molecular weight is 187 g/mol. The van der Waals surface area contributed by atoms with E-state index in [9.17, 15) is 4.79 Å². The van der Waals surface area contributed by atoms with Crippen molar-refractivity contribution in [2.24, 2.45) is 0 Å². The molecule has 2 aliphatic rings. The van der Waals surface area contributed by atoms with E-state index in [4.69, 9.17) is 14.6 Å². The first-order valence-electron chi connectivity index (χ1n) is 4.42. The summed E-state index contributed by atoms with van der Waals surface area (Å²) in [5, 5.41) is 8.58. The zero-order chi connectivity index (χ0) is 9.31. The molecular weight excluding hydrogens is 174 g/mol. The van der Waals surface area contributed by atoms with Crippen molar-refractivity contribution in [3.05, 3.63) is 0 Å². The van der Waals surface area contributed by atoms with Crippen molar-refractivity contribution in [3.63, 3.8) is 0 Å². The van der Waals surface area contributed by atoms with Crippen molar-refractivity contribution in [2.45, 2.75) is 12.2 Å². The van der Waals surface area contributed by atoms with E-state index in [-0.39, 0.29) is 6.54 Å². The molecule has 0 saturated carbocycles. The molecule has 0 aromatic rings. The van der Waals surface area contributed by atoms with Crippen LogP contribution in [-0.4, -0.2) is 54.6 Å².